The van der Waals surface area contributed by atoms with E-state index in [1.807, 2.05) is 0 Å². The number of hydrogen-bond acceptors (Lipinski definition) is 2. The van der Waals surface area contributed by atoms with Crippen molar-refractivity contribution in [2.45, 2.75) is 50.7 Å². The largest absolute Gasteiger partial charge is 0.393 e. The molecule has 2 rings (SSSR count). The molecular weight excluding hydrogens is 290 g/mol. The van der Waals surface area contributed by atoms with E-state index in [4.69, 9.17) is 0 Å². The van der Waals surface area contributed by atoms with Gasteiger partial charge in [-0.05, 0) is 37.3 Å². The Labute approximate surface area is 128 Å². The third kappa shape index (κ3) is 4.66. The van der Waals surface area contributed by atoms with E-state index in [1.54, 1.807) is 6.92 Å². The highest BCUT2D eigenvalue weighted by atomic mass is 19.1. The van der Waals surface area contributed by atoms with E-state index in [0.29, 0.717) is 18.4 Å². The number of aliphatic hydroxyl groups excluding tert-OH is 1. The Hall–Kier alpha value is -1.69. The van der Waals surface area contributed by atoms with Crippen molar-refractivity contribution in [1.82, 2.24) is 10.6 Å². The van der Waals surface area contributed by atoms with Gasteiger partial charge in [0.2, 0.25) is 0 Å². The maximum Gasteiger partial charge on any atom is 0.315 e. The molecule has 0 radical (unpaired) electrons. The fraction of sp³-hybridized carbons (Fsp3) is 0.562. The molecule has 122 valence electrons. The molecule has 1 unspecified atom stereocenters. The van der Waals surface area contributed by atoms with Gasteiger partial charge in [0, 0.05) is 24.6 Å². The van der Waals surface area contributed by atoms with Crippen LogP contribution in [0.3, 0.4) is 0 Å². The van der Waals surface area contributed by atoms with Crippen LogP contribution < -0.4 is 10.6 Å². The summed E-state index contributed by atoms with van der Waals surface area (Å²) in [7, 11) is 0. The average Bonchev–Trinajstić information content (AvgIpc) is 2.47. The van der Waals surface area contributed by atoms with Crippen molar-refractivity contribution in [3.05, 3.63) is 35.4 Å². The van der Waals surface area contributed by atoms with Crippen LogP contribution in [0, 0.1) is 11.6 Å². The molecule has 6 heteroatoms. The van der Waals surface area contributed by atoms with Gasteiger partial charge in [0.1, 0.15) is 11.6 Å². The first-order valence-corrected chi connectivity index (χ1v) is 7.63. The first-order chi connectivity index (χ1) is 10.5. The fourth-order valence-electron chi connectivity index (χ4n) is 2.71. The van der Waals surface area contributed by atoms with Crippen molar-refractivity contribution in [3.8, 4) is 0 Å². The lowest BCUT2D eigenvalue weighted by atomic mass is 9.93. The monoisotopic (exact) mass is 312 g/mol. The summed E-state index contributed by atoms with van der Waals surface area (Å²) in [5.74, 6) is -1.46. The summed E-state index contributed by atoms with van der Waals surface area (Å²) < 4.78 is 26.5. The van der Waals surface area contributed by atoms with Gasteiger partial charge in [-0.3, -0.25) is 0 Å². The number of urea groups is 1. The smallest absolute Gasteiger partial charge is 0.315 e. The molecule has 3 N–H and O–H groups in total. The Morgan fingerprint density at radius 3 is 2.64 bits per heavy atom. The first-order valence-electron chi connectivity index (χ1n) is 7.63. The molecule has 0 bridgehead atoms. The predicted octanol–water partition coefficient (Wildman–Crippen LogP) is 2.67. The van der Waals surface area contributed by atoms with Crippen LogP contribution in [0.4, 0.5) is 13.6 Å². The molecule has 1 saturated carbocycles. The zero-order chi connectivity index (χ0) is 16.1. The molecule has 0 heterocycles. The van der Waals surface area contributed by atoms with Crippen molar-refractivity contribution < 1.29 is 18.7 Å². The van der Waals surface area contributed by atoms with Gasteiger partial charge < -0.3 is 15.7 Å². The molecule has 1 aliphatic carbocycles. The van der Waals surface area contributed by atoms with Crippen LogP contribution in [0.1, 0.15) is 44.1 Å². The van der Waals surface area contributed by atoms with Gasteiger partial charge in [0.05, 0.1) is 6.10 Å². The lowest BCUT2D eigenvalue weighted by Crippen LogP contribution is -2.45. The van der Waals surface area contributed by atoms with E-state index < -0.39 is 11.6 Å². The molecular formula is C16H22F2N2O2. The molecule has 1 atom stereocenters. The van der Waals surface area contributed by atoms with E-state index in [2.05, 4.69) is 10.6 Å². The molecule has 1 fully saturated rings. The maximum absolute atomic E-state index is 13.6. The molecule has 0 aromatic heterocycles. The highest BCUT2D eigenvalue weighted by molar-refractivity contribution is 5.74. The lowest BCUT2D eigenvalue weighted by molar-refractivity contribution is 0.117. The lowest BCUT2D eigenvalue weighted by Gasteiger charge is -2.26. The number of rotatable bonds is 4. The number of carbonyl (C=O) groups is 1. The molecule has 0 saturated heterocycles. The van der Waals surface area contributed by atoms with Crippen LogP contribution >= 0.6 is 0 Å². The van der Waals surface area contributed by atoms with Gasteiger partial charge in [0.15, 0.2) is 0 Å². The van der Waals surface area contributed by atoms with Crippen molar-refractivity contribution in [2.75, 3.05) is 6.54 Å². The second-order valence-corrected chi connectivity index (χ2v) is 5.93. The van der Waals surface area contributed by atoms with Gasteiger partial charge in [-0.2, -0.15) is 0 Å². The van der Waals surface area contributed by atoms with Crippen LogP contribution in [0.25, 0.3) is 0 Å². The minimum Gasteiger partial charge on any atom is -0.393 e. The number of aliphatic hydroxyl groups is 1. The van der Waals surface area contributed by atoms with Crippen LogP contribution in [0.2, 0.25) is 0 Å². The summed E-state index contributed by atoms with van der Waals surface area (Å²) in [6.07, 6.45) is 2.65. The SMILES string of the molecule is CC(CNC(=O)NC1CCC(O)CC1)c1ccc(F)cc1F. The summed E-state index contributed by atoms with van der Waals surface area (Å²) in [6.45, 7) is 2.04. The molecule has 2 amide bonds. The number of hydrogen-bond donors (Lipinski definition) is 3. The number of nitrogens with one attached hydrogen (secondary N) is 2. The molecule has 22 heavy (non-hydrogen) atoms. The minimum atomic E-state index is -0.612. The summed E-state index contributed by atoms with van der Waals surface area (Å²) in [4.78, 5) is 11.8. The van der Waals surface area contributed by atoms with Gasteiger partial charge in [-0.15, -0.1) is 0 Å². The van der Waals surface area contributed by atoms with E-state index in [0.717, 1.165) is 18.9 Å². The van der Waals surface area contributed by atoms with E-state index in [-0.39, 0.29) is 30.6 Å². The second-order valence-electron chi connectivity index (χ2n) is 5.93. The van der Waals surface area contributed by atoms with Gasteiger partial charge >= 0.3 is 6.03 Å². The van der Waals surface area contributed by atoms with Gasteiger partial charge in [-0.1, -0.05) is 13.0 Å². The number of halogens is 2. The second kappa shape index (κ2) is 7.54. The topological polar surface area (TPSA) is 61.4 Å². The highest BCUT2D eigenvalue weighted by Crippen LogP contribution is 2.20. The van der Waals surface area contributed by atoms with E-state index >= 15 is 0 Å². The van der Waals surface area contributed by atoms with Crippen LogP contribution in [0.5, 0.6) is 0 Å². The van der Waals surface area contributed by atoms with E-state index in [9.17, 15) is 18.7 Å². The minimum absolute atomic E-state index is 0.0706. The van der Waals surface area contributed by atoms with E-state index in [1.165, 1.54) is 12.1 Å². The maximum atomic E-state index is 13.6. The van der Waals surface area contributed by atoms with Crippen LogP contribution in [0.15, 0.2) is 18.2 Å². The Morgan fingerprint density at radius 1 is 1.32 bits per heavy atom. The molecule has 4 nitrogen and oxygen atoms in total. The van der Waals surface area contributed by atoms with Crippen LogP contribution in [-0.4, -0.2) is 29.8 Å². The Morgan fingerprint density at radius 2 is 2.00 bits per heavy atom. The normalized spacial score (nSPS) is 22.9. The van der Waals surface area contributed by atoms with Crippen molar-refractivity contribution in [1.29, 1.82) is 0 Å². The standard InChI is InChI=1S/C16H22F2N2O2/c1-10(14-7-2-11(17)8-15(14)18)9-19-16(22)20-12-3-5-13(21)6-4-12/h2,7-8,10,12-13,21H,3-6,9H2,1H3,(H2,19,20,22). The number of amides is 2. The highest BCUT2D eigenvalue weighted by Gasteiger charge is 2.21. The fourth-order valence-corrected chi connectivity index (χ4v) is 2.71. The quantitative estimate of drug-likeness (QED) is 0.800. The van der Waals surface area contributed by atoms with Gasteiger partial charge in [-0.25, -0.2) is 13.6 Å². The summed E-state index contributed by atoms with van der Waals surface area (Å²) in [5.41, 5.74) is 0.377. The Bertz CT molecular complexity index is 517. The molecule has 1 aromatic rings. The third-order valence-electron chi connectivity index (χ3n) is 4.09. The summed E-state index contributed by atoms with van der Waals surface area (Å²) >= 11 is 0. The molecule has 1 aliphatic rings. The molecule has 1 aromatic carbocycles. The van der Waals surface area contributed by atoms with Crippen molar-refractivity contribution >= 4 is 6.03 Å². The number of benzene rings is 1. The Balaban J connectivity index is 1.78. The first kappa shape index (κ1) is 16.7. The molecule has 0 aliphatic heterocycles. The third-order valence-corrected chi connectivity index (χ3v) is 4.09. The number of carbonyl (C=O) groups excluding carboxylic acids is 1. The summed E-state index contributed by atoms with van der Waals surface area (Å²) in [5, 5.41) is 15.0. The van der Waals surface area contributed by atoms with Crippen LogP contribution in [-0.2, 0) is 0 Å². The van der Waals surface area contributed by atoms with Crippen molar-refractivity contribution in [3.63, 3.8) is 0 Å². The molecule has 0 spiro atoms. The van der Waals surface area contributed by atoms with Crippen molar-refractivity contribution in [2.24, 2.45) is 0 Å². The average molecular weight is 312 g/mol. The summed E-state index contributed by atoms with van der Waals surface area (Å²) in [6, 6.07) is 3.23. The zero-order valence-electron chi connectivity index (χ0n) is 12.6. The van der Waals surface area contributed by atoms with Gasteiger partial charge in [0.25, 0.3) is 0 Å². The predicted molar refractivity (Wildman–Crippen MR) is 79.6 cm³/mol. The zero-order valence-corrected chi connectivity index (χ0v) is 12.6. The Kier molecular flexibility index (Phi) is 5.71.